The molecular weight excluding hydrogens is 324 g/mol. The third-order valence-electron chi connectivity index (χ3n) is 4.17. The minimum Gasteiger partial charge on any atom is -0.471 e. The standard InChI is InChI=1S/C18H24N2O3S/c1-2-13-19-14-12-18-23-17-11-7-6-10-16(17)20(24(18,21)22)15-8-4-3-5-9-15/h3-5,7-9,11,18-19H,2,6,10,12-14H2,1H3. The molecule has 1 aromatic rings. The average molecular weight is 348 g/mol. The Morgan fingerprint density at radius 3 is 2.79 bits per heavy atom. The average Bonchev–Trinajstić information content (AvgIpc) is 2.59. The van der Waals surface area contributed by atoms with Gasteiger partial charge in [-0.2, -0.15) is 0 Å². The molecule has 0 fully saturated rings. The first-order valence-electron chi connectivity index (χ1n) is 8.51. The second kappa shape index (κ2) is 7.40. The molecule has 1 aliphatic heterocycles. The molecule has 5 nitrogen and oxygen atoms in total. The quantitative estimate of drug-likeness (QED) is 0.803. The van der Waals surface area contributed by atoms with Gasteiger partial charge in [0, 0.05) is 6.42 Å². The second-order valence-electron chi connectivity index (χ2n) is 5.98. The number of benzene rings is 1. The van der Waals surface area contributed by atoms with Gasteiger partial charge in [-0.15, -0.1) is 0 Å². The van der Waals surface area contributed by atoms with Gasteiger partial charge < -0.3 is 10.1 Å². The van der Waals surface area contributed by atoms with E-state index in [1.54, 1.807) is 0 Å². The monoisotopic (exact) mass is 348 g/mol. The number of allylic oxidation sites excluding steroid dienone is 3. The number of rotatable bonds is 6. The van der Waals surface area contributed by atoms with Crippen molar-refractivity contribution in [3.05, 3.63) is 53.9 Å². The number of nitrogens with one attached hydrogen (secondary N) is 1. The van der Waals surface area contributed by atoms with Crippen LogP contribution >= 0.6 is 0 Å². The Bertz CT molecular complexity index is 726. The third-order valence-corrected chi connectivity index (χ3v) is 6.10. The van der Waals surface area contributed by atoms with Crippen LogP contribution in [0.25, 0.3) is 0 Å². The molecule has 0 bridgehead atoms. The molecule has 1 heterocycles. The lowest BCUT2D eigenvalue weighted by Crippen LogP contribution is -2.45. The van der Waals surface area contributed by atoms with Crippen LogP contribution in [0.1, 0.15) is 32.6 Å². The lowest BCUT2D eigenvalue weighted by molar-refractivity contribution is 0.168. The highest BCUT2D eigenvalue weighted by atomic mass is 32.2. The van der Waals surface area contributed by atoms with Gasteiger partial charge >= 0.3 is 0 Å². The Morgan fingerprint density at radius 2 is 2.04 bits per heavy atom. The molecule has 6 heteroatoms. The highest BCUT2D eigenvalue weighted by Crippen LogP contribution is 2.38. The van der Waals surface area contributed by atoms with Crippen molar-refractivity contribution in [2.75, 3.05) is 17.4 Å². The molecule has 1 aromatic carbocycles. The van der Waals surface area contributed by atoms with Crippen molar-refractivity contribution in [2.45, 2.75) is 38.0 Å². The van der Waals surface area contributed by atoms with Crippen molar-refractivity contribution in [1.82, 2.24) is 5.32 Å². The zero-order chi connectivity index (χ0) is 17.0. The molecule has 1 N–H and O–H groups in total. The molecule has 0 saturated heterocycles. The van der Waals surface area contributed by atoms with Crippen LogP contribution in [0.3, 0.4) is 0 Å². The van der Waals surface area contributed by atoms with E-state index in [0.29, 0.717) is 30.8 Å². The van der Waals surface area contributed by atoms with Crippen molar-refractivity contribution in [3.63, 3.8) is 0 Å². The van der Waals surface area contributed by atoms with Crippen molar-refractivity contribution in [1.29, 1.82) is 0 Å². The topological polar surface area (TPSA) is 58.6 Å². The maximum absolute atomic E-state index is 13.1. The summed E-state index contributed by atoms with van der Waals surface area (Å²) in [5.41, 5.74) is 0.556. The van der Waals surface area contributed by atoms with Crippen LogP contribution < -0.4 is 9.62 Å². The molecule has 1 unspecified atom stereocenters. The molecule has 2 aliphatic rings. The van der Waals surface area contributed by atoms with E-state index in [4.69, 9.17) is 4.74 Å². The van der Waals surface area contributed by atoms with Gasteiger partial charge in [0.05, 0.1) is 11.4 Å². The summed E-state index contributed by atoms with van der Waals surface area (Å²) in [6, 6.07) is 9.27. The molecule has 0 aromatic heterocycles. The van der Waals surface area contributed by atoms with Gasteiger partial charge in [0.15, 0.2) is 0 Å². The van der Waals surface area contributed by atoms with E-state index in [9.17, 15) is 8.42 Å². The molecule has 1 atom stereocenters. The Morgan fingerprint density at radius 1 is 1.25 bits per heavy atom. The van der Waals surface area contributed by atoms with Crippen LogP contribution in [0.2, 0.25) is 0 Å². The highest BCUT2D eigenvalue weighted by Gasteiger charge is 2.41. The summed E-state index contributed by atoms with van der Waals surface area (Å²) in [6.07, 6.45) is 6.87. The number of sulfonamides is 1. The first-order chi connectivity index (χ1) is 11.6. The minimum absolute atomic E-state index is 0.427. The van der Waals surface area contributed by atoms with E-state index >= 15 is 0 Å². The van der Waals surface area contributed by atoms with Crippen LogP contribution in [0.15, 0.2) is 53.9 Å². The maximum Gasteiger partial charge on any atom is 0.277 e. The van der Waals surface area contributed by atoms with Crippen LogP contribution in [-0.4, -0.2) is 26.9 Å². The summed E-state index contributed by atoms with van der Waals surface area (Å²) in [6.45, 7) is 3.58. The van der Waals surface area contributed by atoms with Crippen LogP contribution in [0.4, 0.5) is 5.69 Å². The van der Waals surface area contributed by atoms with E-state index in [1.807, 2.05) is 42.5 Å². The third kappa shape index (κ3) is 3.35. The smallest absolute Gasteiger partial charge is 0.277 e. The van der Waals surface area contributed by atoms with Gasteiger partial charge in [0.2, 0.25) is 5.44 Å². The summed E-state index contributed by atoms with van der Waals surface area (Å²) in [5.74, 6) is 0.681. The van der Waals surface area contributed by atoms with E-state index < -0.39 is 15.5 Å². The maximum atomic E-state index is 13.1. The lowest BCUT2D eigenvalue weighted by Gasteiger charge is -2.38. The van der Waals surface area contributed by atoms with E-state index in [-0.39, 0.29) is 0 Å². The van der Waals surface area contributed by atoms with Crippen molar-refractivity contribution in [2.24, 2.45) is 0 Å². The Labute approximate surface area is 144 Å². The summed E-state index contributed by atoms with van der Waals surface area (Å²) in [5, 5.41) is 3.25. The number of hydrogen-bond donors (Lipinski definition) is 1. The van der Waals surface area contributed by atoms with Gasteiger partial charge in [-0.25, -0.2) is 12.7 Å². The number of para-hydroxylation sites is 1. The Balaban J connectivity index is 1.93. The molecule has 0 spiro atoms. The van der Waals surface area contributed by atoms with Crippen LogP contribution in [-0.2, 0) is 14.8 Å². The van der Waals surface area contributed by atoms with Gasteiger partial charge in [0.25, 0.3) is 10.0 Å². The molecule has 130 valence electrons. The predicted octanol–water partition coefficient (Wildman–Crippen LogP) is 3.13. The number of nitrogens with zero attached hydrogens (tertiary/aromatic N) is 1. The van der Waals surface area contributed by atoms with E-state index in [1.165, 1.54) is 4.31 Å². The zero-order valence-electron chi connectivity index (χ0n) is 13.9. The molecule has 24 heavy (non-hydrogen) atoms. The molecule has 0 radical (unpaired) electrons. The lowest BCUT2D eigenvalue weighted by atomic mass is 10.1. The summed E-state index contributed by atoms with van der Waals surface area (Å²) in [7, 11) is -3.60. The van der Waals surface area contributed by atoms with Gasteiger partial charge in [-0.3, -0.25) is 0 Å². The summed E-state index contributed by atoms with van der Waals surface area (Å²) < 4.78 is 33.6. The largest absolute Gasteiger partial charge is 0.471 e. The molecule has 3 rings (SSSR count). The van der Waals surface area contributed by atoms with Gasteiger partial charge in [-0.1, -0.05) is 31.2 Å². The number of hydrogen-bond acceptors (Lipinski definition) is 4. The molecular formula is C18H24N2O3S. The summed E-state index contributed by atoms with van der Waals surface area (Å²) >= 11 is 0. The van der Waals surface area contributed by atoms with Crippen LogP contribution in [0, 0.1) is 0 Å². The molecule has 0 saturated carbocycles. The fourth-order valence-corrected chi connectivity index (χ4v) is 4.79. The van der Waals surface area contributed by atoms with Gasteiger partial charge in [-0.05, 0) is 50.6 Å². The first-order valence-corrected chi connectivity index (χ1v) is 10.0. The summed E-state index contributed by atoms with van der Waals surface area (Å²) in [4.78, 5) is 0. The highest BCUT2D eigenvalue weighted by molar-refractivity contribution is 7.93. The fourth-order valence-electron chi connectivity index (χ4n) is 3.01. The van der Waals surface area contributed by atoms with Crippen molar-refractivity contribution >= 4 is 15.7 Å². The van der Waals surface area contributed by atoms with E-state index in [0.717, 1.165) is 25.1 Å². The van der Waals surface area contributed by atoms with Gasteiger partial charge in [0.1, 0.15) is 5.76 Å². The zero-order valence-corrected chi connectivity index (χ0v) is 14.8. The second-order valence-corrected chi connectivity index (χ2v) is 7.90. The molecule has 1 aliphatic carbocycles. The SMILES string of the molecule is CCCNCCC1OC2=C(CCC=C2)N(c2ccccc2)S1(=O)=O. The predicted molar refractivity (Wildman–Crippen MR) is 95.9 cm³/mol. The van der Waals surface area contributed by atoms with Crippen LogP contribution in [0.5, 0.6) is 0 Å². The number of anilines is 1. The van der Waals surface area contributed by atoms with Crippen molar-refractivity contribution in [3.8, 4) is 0 Å². The Kier molecular flexibility index (Phi) is 5.26. The Hall–Kier alpha value is -1.79. The van der Waals surface area contributed by atoms with Crippen molar-refractivity contribution < 1.29 is 13.2 Å². The normalized spacial score (nSPS) is 22.2. The van der Waals surface area contributed by atoms with E-state index in [2.05, 4.69) is 12.2 Å². The molecule has 0 amide bonds. The fraction of sp³-hybridized carbons (Fsp3) is 0.444. The number of ether oxygens (including phenoxy) is 1. The first kappa shape index (κ1) is 17.0. The minimum atomic E-state index is -3.60.